The van der Waals surface area contributed by atoms with E-state index < -0.39 is 0 Å². The van der Waals surface area contributed by atoms with Crippen molar-refractivity contribution in [1.82, 2.24) is 10.3 Å². The second-order valence-corrected chi connectivity index (χ2v) is 6.68. The van der Waals surface area contributed by atoms with Gasteiger partial charge in [0.05, 0.1) is 0 Å². The lowest BCUT2D eigenvalue weighted by Crippen LogP contribution is -2.23. The first-order valence-corrected chi connectivity index (χ1v) is 9.05. The highest BCUT2D eigenvalue weighted by molar-refractivity contribution is 5.98. The van der Waals surface area contributed by atoms with Crippen molar-refractivity contribution in [2.75, 3.05) is 6.54 Å². The van der Waals surface area contributed by atoms with Gasteiger partial charge in [0.25, 0.3) is 0 Å². The zero-order chi connectivity index (χ0) is 17.3. The molecule has 0 fully saturated rings. The second kappa shape index (κ2) is 6.36. The molecule has 1 aliphatic heterocycles. The highest BCUT2D eigenvalue weighted by atomic mass is 16.5. The normalized spacial score (nSPS) is 13.5. The average Bonchev–Trinajstić information content (AvgIpc) is 3.08. The monoisotopic (exact) mass is 340 g/mol. The number of rotatable bonds is 3. The first-order valence-electron chi connectivity index (χ1n) is 9.05. The van der Waals surface area contributed by atoms with Gasteiger partial charge >= 0.3 is 0 Å². The van der Waals surface area contributed by atoms with Gasteiger partial charge in [0.2, 0.25) is 0 Å². The van der Waals surface area contributed by atoms with Crippen molar-refractivity contribution in [3.05, 3.63) is 84.1 Å². The average molecular weight is 340 g/mol. The van der Waals surface area contributed by atoms with Crippen molar-refractivity contribution < 1.29 is 4.74 Å². The number of H-pyrrole nitrogens is 1. The van der Waals surface area contributed by atoms with Crippen LogP contribution in [0.3, 0.4) is 0 Å². The summed E-state index contributed by atoms with van der Waals surface area (Å²) in [5, 5.41) is 4.81. The molecule has 0 bridgehead atoms. The maximum absolute atomic E-state index is 5.92. The van der Waals surface area contributed by atoms with Crippen molar-refractivity contribution in [3.8, 4) is 22.6 Å². The molecule has 4 aromatic rings. The minimum absolute atomic E-state index is 0.854. The van der Waals surface area contributed by atoms with E-state index in [1.807, 2.05) is 42.5 Å². The van der Waals surface area contributed by atoms with Crippen molar-refractivity contribution in [2.45, 2.75) is 13.0 Å². The number of hydrogen-bond acceptors (Lipinski definition) is 2. The molecule has 1 aliphatic rings. The van der Waals surface area contributed by atoms with Crippen molar-refractivity contribution in [3.63, 3.8) is 0 Å². The van der Waals surface area contributed by atoms with Crippen LogP contribution in [0.2, 0.25) is 0 Å². The van der Waals surface area contributed by atoms with Crippen LogP contribution in [0.1, 0.15) is 11.3 Å². The topological polar surface area (TPSA) is 37.0 Å². The van der Waals surface area contributed by atoms with Crippen LogP contribution in [0.25, 0.3) is 22.0 Å². The van der Waals surface area contributed by atoms with E-state index in [9.17, 15) is 0 Å². The van der Waals surface area contributed by atoms with Crippen LogP contribution in [0, 0.1) is 0 Å². The number of aromatic amines is 1. The predicted octanol–water partition coefficient (Wildman–Crippen LogP) is 5.27. The summed E-state index contributed by atoms with van der Waals surface area (Å²) in [6.45, 7) is 1.96. The van der Waals surface area contributed by atoms with Gasteiger partial charge in [-0.2, -0.15) is 0 Å². The third-order valence-electron chi connectivity index (χ3n) is 5.01. The van der Waals surface area contributed by atoms with Gasteiger partial charge in [0.15, 0.2) is 0 Å². The number of ether oxygens (including phenoxy) is 1. The molecule has 128 valence electrons. The van der Waals surface area contributed by atoms with E-state index in [2.05, 4.69) is 40.6 Å². The smallest absolute Gasteiger partial charge is 0.127 e. The maximum atomic E-state index is 5.92. The maximum Gasteiger partial charge on any atom is 0.127 e. The van der Waals surface area contributed by atoms with Crippen LogP contribution >= 0.6 is 0 Å². The first-order chi connectivity index (χ1) is 12.9. The Morgan fingerprint density at radius 2 is 1.58 bits per heavy atom. The van der Waals surface area contributed by atoms with Crippen LogP contribution in [-0.4, -0.2) is 11.5 Å². The SMILES string of the molecule is c1ccc(Oc2ccc(-c3cccc4[nH]c5c(c34)CCNC5)cc2)cc1. The van der Waals surface area contributed by atoms with E-state index in [-0.39, 0.29) is 0 Å². The van der Waals surface area contributed by atoms with Crippen LogP contribution in [0.15, 0.2) is 72.8 Å². The highest BCUT2D eigenvalue weighted by Gasteiger charge is 2.17. The van der Waals surface area contributed by atoms with Gasteiger partial charge in [-0.3, -0.25) is 0 Å². The summed E-state index contributed by atoms with van der Waals surface area (Å²) < 4.78 is 5.92. The quantitative estimate of drug-likeness (QED) is 0.533. The van der Waals surface area contributed by atoms with Crippen molar-refractivity contribution in [1.29, 1.82) is 0 Å². The Hall–Kier alpha value is -3.04. The number of fused-ring (bicyclic) bond motifs is 3. The standard InChI is InChI=1S/C23H20N2O/c1-2-5-17(6-3-1)26-18-11-9-16(10-12-18)19-7-4-8-21-23(19)20-13-14-24-15-22(20)25-21/h1-12,24-25H,13-15H2. The van der Waals surface area contributed by atoms with Gasteiger partial charge in [-0.25, -0.2) is 0 Å². The molecule has 0 saturated heterocycles. The van der Waals surface area contributed by atoms with E-state index in [0.717, 1.165) is 31.0 Å². The number of para-hydroxylation sites is 1. The van der Waals surface area contributed by atoms with Gasteiger partial charge in [0, 0.05) is 23.1 Å². The van der Waals surface area contributed by atoms with Crippen molar-refractivity contribution in [2.24, 2.45) is 0 Å². The minimum atomic E-state index is 0.854. The zero-order valence-corrected chi connectivity index (χ0v) is 14.5. The molecule has 26 heavy (non-hydrogen) atoms. The molecule has 0 atom stereocenters. The van der Waals surface area contributed by atoms with Gasteiger partial charge in [0.1, 0.15) is 11.5 Å². The lowest BCUT2D eigenvalue weighted by molar-refractivity contribution is 0.483. The molecular weight excluding hydrogens is 320 g/mol. The summed E-state index contributed by atoms with van der Waals surface area (Å²) in [6, 6.07) is 24.8. The Balaban J connectivity index is 1.53. The molecule has 0 aliphatic carbocycles. The third kappa shape index (κ3) is 2.67. The Kier molecular flexibility index (Phi) is 3.72. The minimum Gasteiger partial charge on any atom is -0.457 e. The van der Waals surface area contributed by atoms with Crippen LogP contribution < -0.4 is 10.1 Å². The summed E-state index contributed by atoms with van der Waals surface area (Å²) in [5.41, 5.74) is 6.51. The first kappa shape index (κ1) is 15.2. The molecule has 0 unspecified atom stereocenters. The Morgan fingerprint density at radius 3 is 2.42 bits per heavy atom. The molecular formula is C23H20N2O. The van der Waals surface area contributed by atoms with Gasteiger partial charge < -0.3 is 15.0 Å². The number of benzene rings is 3. The molecule has 1 aromatic heterocycles. The van der Waals surface area contributed by atoms with E-state index in [1.54, 1.807) is 0 Å². The molecule has 2 N–H and O–H groups in total. The molecule has 0 radical (unpaired) electrons. The highest BCUT2D eigenvalue weighted by Crippen LogP contribution is 2.35. The lowest BCUT2D eigenvalue weighted by atomic mass is 9.96. The summed E-state index contributed by atoms with van der Waals surface area (Å²) >= 11 is 0. The van der Waals surface area contributed by atoms with E-state index in [1.165, 1.54) is 33.3 Å². The van der Waals surface area contributed by atoms with E-state index in [4.69, 9.17) is 4.74 Å². The summed E-state index contributed by atoms with van der Waals surface area (Å²) in [7, 11) is 0. The third-order valence-corrected chi connectivity index (χ3v) is 5.01. The largest absolute Gasteiger partial charge is 0.457 e. The number of aromatic nitrogens is 1. The van der Waals surface area contributed by atoms with Crippen LogP contribution in [0.5, 0.6) is 11.5 Å². The number of nitrogens with one attached hydrogen (secondary N) is 2. The second-order valence-electron chi connectivity index (χ2n) is 6.68. The zero-order valence-electron chi connectivity index (χ0n) is 14.5. The van der Waals surface area contributed by atoms with E-state index in [0.29, 0.717) is 0 Å². The lowest BCUT2D eigenvalue weighted by Gasteiger charge is -2.14. The Labute approximate surface area is 152 Å². The molecule has 5 rings (SSSR count). The fraction of sp³-hybridized carbons (Fsp3) is 0.130. The van der Waals surface area contributed by atoms with Gasteiger partial charge in [-0.1, -0.05) is 42.5 Å². The van der Waals surface area contributed by atoms with Crippen molar-refractivity contribution >= 4 is 10.9 Å². The van der Waals surface area contributed by atoms with Crippen LogP contribution in [0.4, 0.5) is 0 Å². The summed E-state index contributed by atoms with van der Waals surface area (Å²) in [6.07, 6.45) is 1.07. The predicted molar refractivity (Wildman–Crippen MR) is 106 cm³/mol. The Morgan fingerprint density at radius 1 is 0.769 bits per heavy atom. The molecule has 3 nitrogen and oxygen atoms in total. The molecule has 2 heterocycles. The Bertz CT molecular complexity index is 1050. The molecule has 0 saturated carbocycles. The van der Waals surface area contributed by atoms with Gasteiger partial charge in [-0.15, -0.1) is 0 Å². The molecule has 0 spiro atoms. The fourth-order valence-electron chi connectivity index (χ4n) is 3.79. The van der Waals surface area contributed by atoms with E-state index >= 15 is 0 Å². The number of hydrogen-bond donors (Lipinski definition) is 2. The van der Waals surface area contributed by atoms with Gasteiger partial charge in [-0.05, 0) is 60.0 Å². The summed E-state index contributed by atoms with van der Waals surface area (Å²) in [5.74, 6) is 1.71. The molecule has 3 heteroatoms. The molecule has 0 amide bonds. The molecule has 3 aromatic carbocycles. The fourth-order valence-corrected chi connectivity index (χ4v) is 3.79. The van der Waals surface area contributed by atoms with Crippen LogP contribution in [-0.2, 0) is 13.0 Å². The summed E-state index contributed by atoms with van der Waals surface area (Å²) in [4.78, 5) is 3.58.